The maximum atomic E-state index is 13.1. The minimum atomic E-state index is -0.520. The molecule has 10 heteroatoms. The molecule has 6 bridgehead atoms. The van der Waals surface area contributed by atoms with E-state index in [1.54, 1.807) is 6.07 Å². The van der Waals surface area contributed by atoms with E-state index in [4.69, 9.17) is 4.74 Å². The highest BCUT2D eigenvalue weighted by molar-refractivity contribution is 5.94. The Bertz CT molecular complexity index is 1040. The molecule has 6 aliphatic rings. The number of carbonyl (C=O) groups excluding carboxylic acids is 2. The number of anilines is 1. The lowest BCUT2D eigenvalue weighted by Crippen LogP contribution is -2.63. The van der Waals surface area contributed by atoms with Crippen LogP contribution in [0.4, 0.5) is 16.2 Å². The minimum Gasteiger partial charge on any atom is -0.496 e. The van der Waals surface area contributed by atoms with Crippen LogP contribution in [0.15, 0.2) is 18.2 Å². The molecule has 1 aromatic carbocycles. The molecule has 200 valence electrons. The third-order valence-electron chi connectivity index (χ3n) is 9.64. The summed E-state index contributed by atoms with van der Waals surface area (Å²) in [5, 5.41) is 20.9. The number of rotatable bonds is 7. The molecule has 2 heterocycles. The van der Waals surface area contributed by atoms with Gasteiger partial charge < -0.3 is 20.7 Å². The molecule has 0 unspecified atom stereocenters. The summed E-state index contributed by atoms with van der Waals surface area (Å²) < 4.78 is 5.07. The molecule has 37 heavy (non-hydrogen) atoms. The van der Waals surface area contributed by atoms with Crippen molar-refractivity contribution in [2.45, 2.75) is 87.9 Å². The van der Waals surface area contributed by atoms with Crippen LogP contribution in [-0.4, -0.2) is 59.1 Å². The van der Waals surface area contributed by atoms with Crippen LogP contribution in [0.2, 0.25) is 0 Å². The number of nitrogens with zero attached hydrogens (tertiary/aromatic N) is 2. The van der Waals surface area contributed by atoms with Gasteiger partial charge in [0.2, 0.25) is 5.91 Å². The first kappa shape index (κ1) is 24.5. The first-order valence-electron chi connectivity index (χ1n) is 13.8. The molecule has 4 aliphatic carbocycles. The number of nitrogens with one attached hydrogen (secondary N) is 3. The summed E-state index contributed by atoms with van der Waals surface area (Å²) >= 11 is 0. The molecular formula is C27H37N5O5. The van der Waals surface area contributed by atoms with Gasteiger partial charge >= 0.3 is 6.03 Å². The molecule has 2 atom stereocenters. The Morgan fingerprint density at radius 1 is 1.05 bits per heavy atom. The van der Waals surface area contributed by atoms with Gasteiger partial charge in [-0.25, -0.2) is 4.79 Å². The maximum Gasteiger partial charge on any atom is 0.315 e. The van der Waals surface area contributed by atoms with Crippen molar-refractivity contribution in [3.05, 3.63) is 28.3 Å². The standard InChI is InChI=1S/C27H37N5O5/c1-37-22-4-5-23(24(11-22)32(35)36)29-25(33)15-31-20-2-3-21(31)10-19(9-20)28-26(34)30-27-12-16-6-17(13-27)8-18(7-16)14-27/h4-5,11,16-21H,2-3,6-10,12-15H2,1H3,(H,29,33)(H2,28,30,34)/t16?,17?,18?,20-,21-,27?/m0/s1. The zero-order valence-corrected chi connectivity index (χ0v) is 21.4. The van der Waals surface area contributed by atoms with Crippen molar-refractivity contribution in [2.24, 2.45) is 17.8 Å². The molecule has 10 nitrogen and oxygen atoms in total. The second kappa shape index (κ2) is 9.45. The summed E-state index contributed by atoms with van der Waals surface area (Å²) in [5.74, 6) is 2.46. The number of methoxy groups -OCH3 is 1. The van der Waals surface area contributed by atoms with Crippen LogP contribution >= 0.6 is 0 Å². The van der Waals surface area contributed by atoms with Gasteiger partial charge in [-0.15, -0.1) is 0 Å². The molecule has 3 N–H and O–H groups in total. The van der Waals surface area contributed by atoms with E-state index in [2.05, 4.69) is 20.9 Å². The molecule has 3 amide bonds. The van der Waals surface area contributed by atoms with Crippen molar-refractivity contribution in [2.75, 3.05) is 19.0 Å². The number of benzene rings is 1. The van der Waals surface area contributed by atoms with Gasteiger partial charge in [0.15, 0.2) is 0 Å². The van der Waals surface area contributed by atoms with Gasteiger partial charge in [-0.1, -0.05) is 0 Å². The molecule has 0 aromatic heterocycles. The molecule has 1 aromatic rings. The molecule has 7 rings (SSSR count). The average molecular weight is 512 g/mol. The van der Waals surface area contributed by atoms with Crippen molar-refractivity contribution in [1.82, 2.24) is 15.5 Å². The molecule has 0 radical (unpaired) electrons. The normalized spacial score (nSPS) is 35.7. The topological polar surface area (TPSA) is 126 Å². The highest BCUT2D eigenvalue weighted by Crippen LogP contribution is 2.55. The fourth-order valence-corrected chi connectivity index (χ4v) is 8.63. The second-order valence-corrected chi connectivity index (χ2v) is 12.2. The summed E-state index contributed by atoms with van der Waals surface area (Å²) in [4.78, 5) is 39.1. The zero-order valence-electron chi connectivity index (χ0n) is 21.4. The Morgan fingerprint density at radius 2 is 1.68 bits per heavy atom. The summed E-state index contributed by atoms with van der Waals surface area (Å²) in [6.45, 7) is 0.185. The number of urea groups is 1. The number of fused-ring (bicyclic) bond motifs is 2. The maximum absolute atomic E-state index is 13.1. The fraction of sp³-hybridized carbons (Fsp3) is 0.704. The third-order valence-corrected chi connectivity index (χ3v) is 9.64. The summed E-state index contributed by atoms with van der Waals surface area (Å²) in [6.07, 6.45) is 11.1. The van der Waals surface area contributed by atoms with E-state index in [-0.39, 0.29) is 53.5 Å². The quantitative estimate of drug-likeness (QED) is 0.378. The molecule has 0 spiro atoms. The highest BCUT2D eigenvalue weighted by atomic mass is 16.6. The largest absolute Gasteiger partial charge is 0.496 e. The van der Waals surface area contributed by atoms with Gasteiger partial charge in [-0.3, -0.25) is 19.8 Å². The average Bonchev–Trinajstić information content (AvgIpc) is 3.04. The van der Waals surface area contributed by atoms with E-state index in [0.29, 0.717) is 5.75 Å². The van der Waals surface area contributed by atoms with Gasteiger partial charge in [-0.2, -0.15) is 0 Å². The van der Waals surface area contributed by atoms with Crippen molar-refractivity contribution in [3.8, 4) is 5.75 Å². The predicted octanol–water partition coefficient (Wildman–Crippen LogP) is 3.81. The Hall–Kier alpha value is -2.88. The van der Waals surface area contributed by atoms with Gasteiger partial charge in [0.25, 0.3) is 5.69 Å². The molecule has 2 saturated heterocycles. The summed E-state index contributed by atoms with van der Waals surface area (Å²) in [6, 6.07) is 4.93. The van der Waals surface area contributed by atoms with E-state index >= 15 is 0 Å². The van der Waals surface area contributed by atoms with Crippen molar-refractivity contribution in [1.29, 1.82) is 0 Å². The van der Waals surface area contributed by atoms with Crippen molar-refractivity contribution < 1.29 is 19.2 Å². The number of carbonyl (C=O) groups is 2. The van der Waals surface area contributed by atoms with Crippen LogP contribution in [0.3, 0.4) is 0 Å². The van der Waals surface area contributed by atoms with Gasteiger partial charge in [0, 0.05) is 23.7 Å². The Kier molecular flexibility index (Phi) is 6.25. The Labute approximate surface area is 217 Å². The zero-order chi connectivity index (χ0) is 25.7. The van der Waals surface area contributed by atoms with E-state index < -0.39 is 4.92 Å². The number of hydrogen-bond acceptors (Lipinski definition) is 6. The lowest BCUT2D eigenvalue weighted by Gasteiger charge is -2.56. The van der Waals surface area contributed by atoms with Crippen LogP contribution < -0.4 is 20.7 Å². The van der Waals surface area contributed by atoms with Crippen LogP contribution in [0.5, 0.6) is 5.75 Å². The second-order valence-electron chi connectivity index (χ2n) is 12.2. The number of piperidine rings is 1. The van der Waals surface area contributed by atoms with Crippen LogP contribution in [0.1, 0.15) is 64.2 Å². The van der Waals surface area contributed by atoms with Crippen LogP contribution in [0.25, 0.3) is 0 Å². The Balaban J connectivity index is 1.03. The fourth-order valence-electron chi connectivity index (χ4n) is 8.63. The first-order valence-corrected chi connectivity index (χ1v) is 13.8. The third kappa shape index (κ3) is 4.87. The van der Waals surface area contributed by atoms with E-state index in [0.717, 1.165) is 62.7 Å². The summed E-state index contributed by atoms with van der Waals surface area (Å²) in [5.41, 5.74) is -0.0228. The van der Waals surface area contributed by atoms with E-state index in [9.17, 15) is 19.7 Å². The molecular weight excluding hydrogens is 474 g/mol. The Morgan fingerprint density at radius 3 is 2.24 bits per heavy atom. The summed E-state index contributed by atoms with van der Waals surface area (Å²) in [7, 11) is 1.44. The molecule has 2 aliphatic heterocycles. The minimum absolute atomic E-state index is 0.000668. The van der Waals surface area contributed by atoms with Gasteiger partial charge in [0.1, 0.15) is 11.4 Å². The first-order chi connectivity index (χ1) is 17.8. The van der Waals surface area contributed by atoms with Crippen LogP contribution in [-0.2, 0) is 4.79 Å². The number of nitro groups is 1. The SMILES string of the molecule is COc1ccc(NC(=O)CN2[C@H]3CC[C@H]2CC(NC(=O)NC24CC5CC(CC(C5)C2)C4)C3)c([N+](=O)[O-])c1. The molecule has 4 saturated carbocycles. The van der Waals surface area contributed by atoms with Crippen molar-refractivity contribution in [3.63, 3.8) is 0 Å². The number of ether oxygens (including phenoxy) is 1. The monoisotopic (exact) mass is 511 g/mol. The smallest absolute Gasteiger partial charge is 0.315 e. The lowest BCUT2D eigenvalue weighted by molar-refractivity contribution is -0.384. The highest BCUT2D eigenvalue weighted by Gasteiger charge is 2.52. The lowest BCUT2D eigenvalue weighted by atomic mass is 9.53. The van der Waals surface area contributed by atoms with Crippen molar-refractivity contribution >= 4 is 23.3 Å². The predicted molar refractivity (Wildman–Crippen MR) is 137 cm³/mol. The number of hydrogen-bond donors (Lipinski definition) is 3. The van der Waals surface area contributed by atoms with Gasteiger partial charge in [-0.05, 0) is 94.1 Å². The van der Waals surface area contributed by atoms with E-state index in [1.807, 2.05) is 0 Å². The number of nitro benzene ring substituents is 1. The number of amides is 3. The van der Waals surface area contributed by atoms with Crippen LogP contribution in [0, 0.1) is 27.9 Å². The van der Waals surface area contributed by atoms with E-state index in [1.165, 1.54) is 38.5 Å². The molecule has 6 fully saturated rings. The van der Waals surface area contributed by atoms with Gasteiger partial charge in [0.05, 0.1) is 24.6 Å².